The van der Waals surface area contributed by atoms with Crippen LogP contribution in [0.5, 0.6) is 5.75 Å². The Morgan fingerprint density at radius 1 is 1.33 bits per heavy atom. The summed E-state index contributed by atoms with van der Waals surface area (Å²) < 4.78 is 5.45. The van der Waals surface area contributed by atoms with E-state index in [1.54, 1.807) is 0 Å². The van der Waals surface area contributed by atoms with E-state index in [-0.39, 0.29) is 5.91 Å². The molecule has 3 aliphatic rings. The van der Waals surface area contributed by atoms with E-state index >= 15 is 0 Å². The Bertz CT molecular complexity index is 505. The van der Waals surface area contributed by atoms with Gasteiger partial charge in [-0.1, -0.05) is 0 Å². The van der Waals surface area contributed by atoms with Crippen LogP contribution >= 0.6 is 0 Å². The lowest BCUT2D eigenvalue weighted by molar-refractivity contribution is 0.0946. The SMILES string of the molecule is O=C(NC1C2CNCC21)c1ccc2c(c1)CCO2. The molecule has 2 atom stereocenters. The average molecular weight is 244 g/mol. The van der Waals surface area contributed by atoms with Gasteiger partial charge in [0.15, 0.2) is 0 Å². The number of hydrogen-bond donors (Lipinski definition) is 2. The Morgan fingerprint density at radius 2 is 2.17 bits per heavy atom. The van der Waals surface area contributed by atoms with Crippen molar-refractivity contribution in [3.63, 3.8) is 0 Å². The number of benzene rings is 1. The fraction of sp³-hybridized carbons (Fsp3) is 0.500. The first-order valence-corrected chi connectivity index (χ1v) is 6.60. The highest BCUT2D eigenvalue weighted by Gasteiger charge is 2.53. The molecule has 2 unspecified atom stereocenters. The number of rotatable bonds is 2. The largest absolute Gasteiger partial charge is 0.493 e. The summed E-state index contributed by atoms with van der Waals surface area (Å²) in [5.41, 5.74) is 1.91. The fourth-order valence-corrected chi connectivity index (χ4v) is 3.19. The fourth-order valence-electron chi connectivity index (χ4n) is 3.19. The minimum absolute atomic E-state index is 0.0594. The summed E-state index contributed by atoms with van der Waals surface area (Å²) in [6, 6.07) is 6.12. The van der Waals surface area contributed by atoms with E-state index in [0.717, 1.165) is 43.0 Å². The van der Waals surface area contributed by atoms with Crippen LogP contribution in [0, 0.1) is 11.8 Å². The number of piperidine rings is 1. The molecule has 2 N–H and O–H groups in total. The number of hydrogen-bond acceptors (Lipinski definition) is 3. The molecule has 0 spiro atoms. The van der Waals surface area contributed by atoms with E-state index in [2.05, 4.69) is 10.6 Å². The van der Waals surface area contributed by atoms with Crippen LogP contribution in [0.1, 0.15) is 15.9 Å². The Kier molecular flexibility index (Phi) is 2.14. The average Bonchev–Trinajstić information content (AvgIpc) is 2.82. The van der Waals surface area contributed by atoms with Gasteiger partial charge in [-0.25, -0.2) is 0 Å². The maximum Gasteiger partial charge on any atom is 0.251 e. The zero-order chi connectivity index (χ0) is 12.1. The van der Waals surface area contributed by atoms with Crippen molar-refractivity contribution in [1.82, 2.24) is 10.6 Å². The zero-order valence-corrected chi connectivity index (χ0v) is 10.1. The molecular formula is C14H16N2O2. The first-order chi connectivity index (χ1) is 8.83. The van der Waals surface area contributed by atoms with Crippen LogP contribution in [0.2, 0.25) is 0 Å². The summed E-state index contributed by atoms with van der Waals surface area (Å²) >= 11 is 0. The van der Waals surface area contributed by atoms with Crippen molar-refractivity contribution in [2.24, 2.45) is 11.8 Å². The van der Waals surface area contributed by atoms with Crippen molar-refractivity contribution in [3.8, 4) is 5.75 Å². The van der Waals surface area contributed by atoms with Crippen molar-refractivity contribution < 1.29 is 9.53 Å². The van der Waals surface area contributed by atoms with E-state index in [4.69, 9.17) is 4.74 Å². The molecule has 2 heterocycles. The summed E-state index contributed by atoms with van der Waals surface area (Å²) in [6.07, 6.45) is 0.912. The van der Waals surface area contributed by atoms with E-state index in [0.29, 0.717) is 17.9 Å². The second kappa shape index (κ2) is 3.72. The molecule has 0 radical (unpaired) electrons. The minimum atomic E-state index is 0.0594. The highest BCUT2D eigenvalue weighted by molar-refractivity contribution is 5.95. The third-order valence-corrected chi connectivity index (χ3v) is 4.34. The number of carbonyl (C=O) groups is 1. The molecule has 1 amide bonds. The molecule has 1 saturated heterocycles. The molecule has 4 heteroatoms. The van der Waals surface area contributed by atoms with Gasteiger partial charge in [-0.2, -0.15) is 0 Å². The van der Waals surface area contributed by atoms with Gasteiger partial charge in [-0.05, 0) is 35.6 Å². The molecule has 1 saturated carbocycles. The van der Waals surface area contributed by atoms with Crippen molar-refractivity contribution >= 4 is 5.91 Å². The summed E-state index contributed by atoms with van der Waals surface area (Å²) in [7, 11) is 0. The molecule has 1 aliphatic carbocycles. The van der Waals surface area contributed by atoms with Crippen molar-refractivity contribution in [3.05, 3.63) is 29.3 Å². The van der Waals surface area contributed by atoms with Gasteiger partial charge in [-0.15, -0.1) is 0 Å². The summed E-state index contributed by atoms with van der Waals surface area (Å²) in [5, 5.41) is 6.47. The van der Waals surface area contributed by atoms with Crippen LogP contribution in [-0.4, -0.2) is 31.6 Å². The third kappa shape index (κ3) is 1.52. The monoisotopic (exact) mass is 244 g/mol. The van der Waals surface area contributed by atoms with Gasteiger partial charge in [0.05, 0.1) is 6.61 Å². The first-order valence-electron chi connectivity index (χ1n) is 6.60. The van der Waals surface area contributed by atoms with Gasteiger partial charge in [0, 0.05) is 31.1 Å². The van der Waals surface area contributed by atoms with E-state index in [9.17, 15) is 4.79 Å². The summed E-state index contributed by atoms with van der Waals surface area (Å²) in [6.45, 7) is 2.83. The van der Waals surface area contributed by atoms with E-state index in [1.165, 1.54) is 0 Å². The highest BCUT2D eigenvalue weighted by atomic mass is 16.5. The van der Waals surface area contributed by atoms with Crippen molar-refractivity contribution in [2.45, 2.75) is 12.5 Å². The lowest BCUT2D eigenvalue weighted by Gasteiger charge is -2.08. The van der Waals surface area contributed by atoms with Gasteiger partial charge >= 0.3 is 0 Å². The molecule has 94 valence electrons. The van der Waals surface area contributed by atoms with Gasteiger partial charge < -0.3 is 15.4 Å². The molecule has 1 aromatic carbocycles. The van der Waals surface area contributed by atoms with Crippen LogP contribution in [-0.2, 0) is 6.42 Å². The first kappa shape index (κ1) is 10.4. The molecular weight excluding hydrogens is 228 g/mol. The van der Waals surface area contributed by atoms with E-state index in [1.807, 2.05) is 18.2 Å². The second-order valence-corrected chi connectivity index (χ2v) is 5.41. The Balaban J connectivity index is 1.48. The van der Waals surface area contributed by atoms with E-state index < -0.39 is 0 Å². The standard InChI is InChI=1S/C14H16N2O2/c17-14(16-13-10-6-15-7-11(10)13)9-1-2-12-8(5-9)3-4-18-12/h1-2,5,10-11,13,15H,3-4,6-7H2,(H,16,17). The number of ether oxygens (including phenoxy) is 1. The lowest BCUT2D eigenvalue weighted by atomic mass is 10.1. The summed E-state index contributed by atoms with van der Waals surface area (Å²) in [5.74, 6) is 2.31. The number of fused-ring (bicyclic) bond motifs is 2. The van der Waals surface area contributed by atoms with Crippen LogP contribution < -0.4 is 15.4 Å². The molecule has 0 aromatic heterocycles. The maximum atomic E-state index is 12.2. The number of amides is 1. The summed E-state index contributed by atoms with van der Waals surface area (Å²) in [4.78, 5) is 12.2. The maximum absolute atomic E-state index is 12.2. The number of nitrogens with one attached hydrogen (secondary N) is 2. The lowest BCUT2D eigenvalue weighted by Crippen LogP contribution is -2.32. The topological polar surface area (TPSA) is 50.4 Å². The van der Waals surface area contributed by atoms with Crippen LogP contribution in [0.25, 0.3) is 0 Å². The van der Waals surface area contributed by atoms with Gasteiger partial charge in [0.1, 0.15) is 5.75 Å². The van der Waals surface area contributed by atoms with Crippen LogP contribution in [0.4, 0.5) is 0 Å². The Morgan fingerprint density at radius 3 is 3.00 bits per heavy atom. The zero-order valence-electron chi connectivity index (χ0n) is 10.1. The van der Waals surface area contributed by atoms with Crippen molar-refractivity contribution in [2.75, 3.05) is 19.7 Å². The number of carbonyl (C=O) groups excluding carboxylic acids is 1. The van der Waals surface area contributed by atoms with Gasteiger partial charge in [-0.3, -0.25) is 4.79 Å². The van der Waals surface area contributed by atoms with Crippen molar-refractivity contribution in [1.29, 1.82) is 0 Å². The molecule has 1 aromatic rings. The van der Waals surface area contributed by atoms with Crippen LogP contribution in [0.3, 0.4) is 0 Å². The van der Waals surface area contributed by atoms with Crippen LogP contribution in [0.15, 0.2) is 18.2 Å². The second-order valence-electron chi connectivity index (χ2n) is 5.41. The molecule has 4 nitrogen and oxygen atoms in total. The highest BCUT2D eigenvalue weighted by Crippen LogP contribution is 2.41. The predicted molar refractivity (Wildman–Crippen MR) is 66.7 cm³/mol. The normalized spacial score (nSPS) is 31.4. The molecule has 18 heavy (non-hydrogen) atoms. The quantitative estimate of drug-likeness (QED) is 0.799. The molecule has 2 aliphatic heterocycles. The third-order valence-electron chi connectivity index (χ3n) is 4.34. The Hall–Kier alpha value is -1.55. The van der Waals surface area contributed by atoms with Gasteiger partial charge in [0.25, 0.3) is 5.91 Å². The smallest absolute Gasteiger partial charge is 0.251 e. The van der Waals surface area contributed by atoms with Gasteiger partial charge in [0.2, 0.25) is 0 Å². The molecule has 2 fully saturated rings. The Labute approximate surface area is 106 Å². The minimum Gasteiger partial charge on any atom is -0.493 e. The molecule has 0 bridgehead atoms. The molecule has 4 rings (SSSR count). The predicted octanol–water partition coefficient (Wildman–Crippen LogP) is 0.569.